The van der Waals surface area contributed by atoms with Crippen molar-refractivity contribution in [2.24, 2.45) is 5.73 Å². The highest BCUT2D eigenvalue weighted by molar-refractivity contribution is 7.89. The van der Waals surface area contributed by atoms with E-state index in [1.165, 1.54) is 4.31 Å². The van der Waals surface area contributed by atoms with Gasteiger partial charge in [-0.1, -0.05) is 0 Å². The molecule has 1 aliphatic heterocycles. The van der Waals surface area contributed by atoms with E-state index in [-0.39, 0.29) is 17.5 Å². The first-order chi connectivity index (χ1) is 9.18. The molecular formula is C11H13F3N2O3S. The SMILES string of the molecule is N[C@H]1CCN(S(=O)(=O)c2ccc(OC(F)(F)F)cc2)C1. The summed E-state index contributed by atoms with van der Waals surface area (Å²) in [6.07, 6.45) is -4.24. The third-order valence-electron chi connectivity index (χ3n) is 2.88. The van der Waals surface area contributed by atoms with Crippen molar-refractivity contribution in [1.29, 1.82) is 0 Å². The lowest BCUT2D eigenvalue weighted by molar-refractivity contribution is -0.274. The molecule has 0 aromatic heterocycles. The van der Waals surface area contributed by atoms with Gasteiger partial charge >= 0.3 is 6.36 Å². The van der Waals surface area contributed by atoms with E-state index in [4.69, 9.17) is 5.73 Å². The van der Waals surface area contributed by atoms with E-state index in [2.05, 4.69) is 4.74 Å². The summed E-state index contributed by atoms with van der Waals surface area (Å²) >= 11 is 0. The molecule has 1 aliphatic rings. The number of ether oxygens (including phenoxy) is 1. The molecule has 0 spiro atoms. The van der Waals surface area contributed by atoms with Crippen molar-refractivity contribution < 1.29 is 26.3 Å². The quantitative estimate of drug-likeness (QED) is 0.913. The van der Waals surface area contributed by atoms with Crippen molar-refractivity contribution in [3.63, 3.8) is 0 Å². The number of alkyl halides is 3. The zero-order chi connectivity index (χ0) is 15.0. The Bertz CT molecular complexity index is 572. The highest BCUT2D eigenvalue weighted by atomic mass is 32.2. The lowest BCUT2D eigenvalue weighted by Crippen LogP contribution is -2.31. The normalized spacial score (nSPS) is 21.1. The smallest absolute Gasteiger partial charge is 0.406 e. The molecule has 0 bridgehead atoms. The fourth-order valence-corrected chi connectivity index (χ4v) is 3.45. The highest BCUT2D eigenvalue weighted by Gasteiger charge is 2.33. The molecule has 1 aromatic carbocycles. The van der Waals surface area contributed by atoms with Gasteiger partial charge in [0.25, 0.3) is 0 Å². The molecule has 112 valence electrons. The second-order valence-corrected chi connectivity index (χ2v) is 6.37. The van der Waals surface area contributed by atoms with Gasteiger partial charge in [0.2, 0.25) is 10.0 Å². The average molecular weight is 310 g/mol. The zero-order valence-electron chi connectivity index (χ0n) is 10.3. The number of rotatable bonds is 3. The molecule has 1 fully saturated rings. The molecule has 1 aromatic rings. The van der Waals surface area contributed by atoms with Gasteiger partial charge in [-0.15, -0.1) is 13.2 Å². The van der Waals surface area contributed by atoms with Crippen molar-refractivity contribution in [3.05, 3.63) is 24.3 Å². The van der Waals surface area contributed by atoms with Crippen LogP contribution in [0.15, 0.2) is 29.2 Å². The van der Waals surface area contributed by atoms with Crippen LogP contribution in [0.2, 0.25) is 0 Å². The molecular weight excluding hydrogens is 297 g/mol. The molecule has 1 saturated heterocycles. The van der Waals surface area contributed by atoms with Crippen molar-refractivity contribution >= 4 is 10.0 Å². The molecule has 5 nitrogen and oxygen atoms in total. The van der Waals surface area contributed by atoms with E-state index in [1.54, 1.807) is 0 Å². The first-order valence-corrected chi connectivity index (χ1v) is 7.24. The van der Waals surface area contributed by atoms with Crippen LogP contribution in [0.25, 0.3) is 0 Å². The Kier molecular flexibility index (Phi) is 3.94. The van der Waals surface area contributed by atoms with Crippen LogP contribution in [0, 0.1) is 0 Å². The summed E-state index contributed by atoms with van der Waals surface area (Å²) in [5.41, 5.74) is 5.64. The van der Waals surface area contributed by atoms with Crippen molar-refractivity contribution in [2.45, 2.75) is 23.7 Å². The Hall–Kier alpha value is -1.32. The van der Waals surface area contributed by atoms with Crippen LogP contribution in [-0.2, 0) is 10.0 Å². The third kappa shape index (κ3) is 3.41. The summed E-state index contributed by atoms with van der Waals surface area (Å²) in [7, 11) is -3.72. The van der Waals surface area contributed by atoms with Crippen molar-refractivity contribution in [1.82, 2.24) is 4.31 Å². The minimum absolute atomic E-state index is 0.0823. The zero-order valence-corrected chi connectivity index (χ0v) is 11.1. The second kappa shape index (κ2) is 5.23. The number of nitrogens with zero attached hydrogens (tertiary/aromatic N) is 1. The lowest BCUT2D eigenvalue weighted by atomic mass is 10.3. The van der Waals surface area contributed by atoms with Gasteiger partial charge in [0.1, 0.15) is 5.75 Å². The van der Waals surface area contributed by atoms with Gasteiger partial charge in [-0.25, -0.2) is 8.42 Å². The van der Waals surface area contributed by atoms with E-state index in [1.807, 2.05) is 0 Å². The molecule has 0 aliphatic carbocycles. The summed E-state index contributed by atoms with van der Waals surface area (Å²) in [5, 5.41) is 0. The van der Waals surface area contributed by atoms with E-state index in [0.29, 0.717) is 13.0 Å². The van der Waals surface area contributed by atoms with Gasteiger partial charge in [0.15, 0.2) is 0 Å². The summed E-state index contributed by atoms with van der Waals surface area (Å²) < 4.78 is 65.3. The molecule has 20 heavy (non-hydrogen) atoms. The first kappa shape index (κ1) is 15.1. The summed E-state index contributed by atoms with van der Waals surface area (Å²) in [5.74, 6) is -0.463. The highest BCUT2D eigenvalue weighted by Crippen LogP contribution is 2.26. The van der Waals surface area contributed by atoms with Gasteiger partial charge in [0, 0.05) is 19.1 Å². The molecule has 0 amide bonds. The summed E-state index contributed by atoms with van der Waals surface area (Å²) in [6, 6.07) is 3.89. The number of hydrogen-bond donors (Lipinski definition) is 1. The van der Waals surface area contributed by atoms with Crippen LogP contribution < -0.4 is 10.5 Å². The van der Waals surface area contributed by atoms with Crippen LogP contribution in [0.4, 0.5) is 13.2 Å². The summed E-state index contributed by atoms with van der Waals surface area (Å²) in [6.45, 7) is 0.521. The van der Waals surface area contributed by atoms with Crippen molar-refractivity contribution in [3.8, 4) is 5.75 Å². The molecule has 0 radical (unpaired) electrons. The number of halogens is 3. The third-order valence-corrected chi connectivity index (χ3v) is 4.76. The van der Waals surface area contributed by atoms with E-state index >= 15 is 0 Å². The van der Waals surface area contributed by atoms with E-state index < -0.39 is 22.1 Å². The Morgan fingerprint density at radius 2 is 1.85 bits per heavy atom. The molecule has 1 atom stereocenters. The number of sulfonamides is 1. The largest absolute Gasteiger partial charge is 0.573 e. The number of hydrogen-bond acceptors (Lipinski definition) is 4. The maximum atomic E-state index is 12.2. The number of nitrogens with two attached hydrogens (primary N) is 1. The van der Waals surface area contributed by atoms with Gasteiger partial charge in [0.05, 0.1) is 4.90 Å². The Morgan fingerprint density at radius 1 is 1.25 bits per heavy atom. The molecule has 2 N–H and O–H groups in total. The van der Waals surface area contributed by atoms with Crippen LogP contribution in [0.1, 0.15) is 6.42 Å². The van der Waals surface area contributed by atoms with E-state index in [9.17, 15) is 21.6 Å². The maximum absolute atomic E-state index is 12.2. The average Bonchev–Trinajstić information content (AvgIpc) is 2.75. The predicted molar refractivity (Wildman–Crippen MR) is 64.5 cm³/mol. The summed E-state index contributed by atoms with van der Waals surface area (Å²) in [4.78, 5) is -0.0823. The van der Waals surface area contributed by atoms with Crippen LogP contribution in [0.3, 0.4) is 0 Å². The molecule has 1 heterocycles. The Balaban J connectivity index is 2.17. The predicted octanol–water partition coefficient (Wildman–Crippen LogP) is 1.31. The monoisotopic (exact) mass is 310 g/mol. The van der Waals surface area contributed by atoms with Gasteiger partial charge in [-0.3, -0.25) is 0 Å². The maximum Gasteiger partial charge on any atom is 0.573 e. The Labute approximate surface area is 114 Å². The van der Waals surface area contributed by atoms with Gasteiger partial charge < -0.3 is 10.5 Å². The Morgan fingerprint density at radius 3 is 2.30 bits per heavy atom. The number of benzene rings is 1. The molecule has 2 rings (SSSR count). The topological polar surface area (TPSA) is 72.6 Å². The van der Waals surface area contributed by atoms with Gasteiger partial charge in [-0.2, -0.15) is 4.31 Å². The van der Waals surface area contributed by atoms with Crippen LogP contribution in [0.5, 0.6) is 5.75 Å². The molecule has 0 unspecified atom stereocenters. The second-order valence-electron chi connectivity index (χ2n) is 4.43. The molecule has 0 saturated carbocycles. The fraction of sp³-hybridized carbons (Fsp3) is 0.455. The minimum atomic E-state index is -4.80. The first-order valence-electron chi connectivity index (χ1n) is 5.80. The van der Waals surface area contributed by atoms with Crippen LogP contribution in [-0.4, -0.2) is 38.2 Å². The lowest BCUT2D eigenvalue weighted by Gasteiger charge is -2.16. The van der Waals surface area contributed by atoms with Gasteiger partial charge in [-0.05, 0) is 30.7 Å². The van der Waals surface area contributed by atoms with Crippen LogP contribution >= 0.6 is 0 Å². The van der Waals surface area contributed by atoms with Crippen molar-refractivity contribution in [2.75, 3.05) is 13.1 Å². The van der Waals surface area contributed by atoms with E-state index in [0.717, 1.165) is 24.3 Å². The molecule has 9 heteroatoms. The fourth-order valence-electron chi connectivity index (χ4n) is 1.93. The minimum Gasteiger partial charge on any atom is -0.406 e. The standard InChI is InChI=1S/C11H13F3N2O3S/c12-11(13,14)19-9-1-3-10(4-2-9)20(17,18)16-6-5-8(15)7-16/h1-4,8H,5-7,15H2/t8-/m0/s1.